The summed E-state index contributed by atoms with van der Waals surface area (Å²) in [7, 11) is 0. The SMILES string of the molecule is c1cc2c(cc1C1CNCCN1)CCO2. The van der Waals surface area contributed by atoms with Crippen molar-refractivity contribution in [3.8, 4) is 5.75 Å². The van der Waals surface area contributed by atoms with Crippen LogP contribution in [0.3, 0.4) is 0 Å². The van der Waals surface area contributed by atoms with Crippen LogP contribution in [0.2, 0.25) is 0 Å². The molecule has 2 N–H and O–H groups in total. The van der Waals surface area contributed by atoms with Gasteiger partial charge < -0.3 is 15.4 Å². The molecule has 1 fully saturated rings. The smallest absolute Gasteiger partial charge is 0.122 e. The van der Waals surface area contributed by atoms with Crippen molar-refractivity contribution in [3.63, 3.8) is 0 Å². The van der Waals surface area contributed by atoms with E-state index < -0.39 is 0 Å². The maximum atomic E-state index is 5.50. The van der Waals surface area contributed by atoms with Crippen LogP contribution >= 0.6 is 0 Å². The Kier molecular flexibility index (Phi) is 2.35. The predicted octanol–water partition coefficient (Wildman–Crippen LogP) is 0.855. The molecule has 3 heteroatoms. The Hall–Kier alpha value is -1.06. The Morgan fingerprint density at radius 2 is 2.27 bits per heavy atom. The Morgan fingerprint density at radius 1 is 1.27 bits per heavy atom. The maximum absolute atomic E-state index is 5.50. The number of ether oxygens (including phenoxy) is 1. The molecule has 0 spiro atoms. The second-order valence-electron chi connectivity index (χ2n) is 4.18. The number of benzene rings is 1. The molecular weight excluding hydrogens is 188 g/mol. The summed E-state index contributed by atoms with van der Waals surface area (Å²) in [6.45, 7) is 4.00. The van der Waals surface area contributed by atoms with Crippen LogP contribution in [0, 0.1) is 0 Å². The lowest BCUT2D eigenvalue weighted by atomic mass is 10.0. The molecule has 1 atom stereocenters. The van der Waals surface area contributed by atoms with Crippen molar-refractivity contribution >= 4 is 0 Å². The van der Waals surface area contributed by atoms with E-state index in [0.717, 1.165) is 38.4 Å². The monoisotopic (exact) mass is 204 g/mol. The fourth-order valence-electron chi connectivity index (χ4n) is 2.31. The lowest BCUT2D eigenvalue weighted by molar-refractivity contribution is 0.356. The van der Waals surface area contributed by atoms with E-state index >= 15 is 0 Å². The van der Waals surface area contributed by atoms with E-state index in [9.17, 15) is 0 Å². The summed E-state index contributed by atoms with van der Waals surface area (Å²) in [5.74, 6) is 1.07. The number of hydrogen-bond acceptors (Lipinski definition) is 3. The molecule has 2 aliphatic heterocycles. The minimum absolute atomic E-state index is 0.463. The van der Waals surface area contributed by atoms with Gasteiger partial charge in [0.15, 0.2) is 0 Å². The van der Waals surface area contributed by atoms with Crippen molar-refractivity contribution < 1.29 is 4.74 Å². The van der Waals surface area contributed by atoms with Gasteiger partial charge in [-0.1, -0.05) is 12.1 Å². The summed E-state index contributed by atoms with van der Waals surface area (Å²) >= 11 is 0. The van der Waals surface area contributed by atoms with Crippen molar-refractivity contribution in [3.05, 3.63) is 29.3 Å². The molecule has 0 aromatic heterocycles. The molecule has 2 aliphatic rings. The summed E-state index contributed by atoms with van der Waals surface area (Å²) in [5, 5.41) is 6.93. The van der Waals surface area contributed by atoms with Gasteiger partial charge in [-0.25, -0.2) is 0 Å². The topological polar surface area (TPSA) is 33.3 Å². The number of nitrogens with one attached hydrogen (secondary N) is 2. The standard InChI is InChI=1S/C12H16N2O/c1-2-12-10(3-6-15-12)7-9(1)11-8-13-4-5-14-11/h1-2,7,11,13-14H,3-6,8H2. The molecule has 1 saturated heterocycles. The van der Waals surface area contributed by atoms with Crippen molar-refractivity contribution in [1.29, 1.82) is 0 Å². The molecule has 1 unspecified atom stereocenters. The average molecular weight is 204 g/mol. The minimum Gasteiger partial charge on any atom is -0.493 e. The van der Waals surface area contributed by atoms with Gasteiger partial charge in [0.1, 0.15) is 5.75 Å². The molecule has 0 aliphatic carbocycles. The van der Waals surface area contributed by atoms with E-state index in [-0.39, 0.29) is 0 Å². The first-order valence-electron chi connectivity index (χ1n) is 5.63. The van der Waals surface area contributed by atoms with Gasteiger partial charge in [-0.3, -0.25) is 0 Å². The zero-order valence-electron chi connectivity index (χ0n) is 8.75. The van der Waals surface area contributed by atoms with E-state index in [0.29, 0.717) is 6.04 Å². The molecule has 0 saturated carbocycles. The zero-order valence-corrected chi connectivity index (χ0v) is 8.75. The van der Waals surface area contributed by atoms with Crippen LogP contribution in [0.4, 0.5) is 0 Å². The average Bonchev–Trinajstić information content (AvgIpc) is 2.77. The third-order valence-corrected chi connectivity index (χ3v) is 3.16. The highest BCUT2D eigenvalue weighted by Gasteiger charge is 2.18. The van der Waals surface area contributed by atoms with Crippen LogP contribution in [-0.2, 0) is 6.42 Å². The highest BCUT2D eigenvalue weighted by atomic mass is 16.5. The van der Waals surface area contributed by atoms with Gasteiger partial charge in [-0.2, -0.15) is 0 Å². The second kappa shape index (κ2) is 3.83. The summed E-state index contributed by atoms with van der Waals surface area (Å²) in [4.78, 5) is 0. The third-order valence-electron chi connectivity index (χ3n) is 3.16. The first-order valence-corrected chi connectivity index (χ1v) is 5.63. The lowest BCUT2D eigenvalue weighted by Gasteiger charge is -2.25. The highest BCUT2D eigenvalue weighted by molar-refractivity contribution is 5.41. The van der Waals surface area contributed by atoms with Gasteiger partial charge in [-0.15, -0.1) is 0 Å². The van der Waals surface area contributed by atoms with E-state index in [1.54, 1.807) is 0 Å². The van der Waals surface area contributed by atoms with Gasteiger partial charge in [0.2, 0.25) is 0 Å². The van der Waals surface area contributed by atoms with Crippen LogP contribution < -0.4 is 15.4 Å². The Balaban J connectivity index is 1.85. The normalized spacial score (nSPS) is 24.7. The fourth-order valence-corrected chi connectivity index (χ4v) is 2.31. The number of piperazine rings is 1. The molecule has 1 aromatic carbocycles. The largest absolute Gasteiger partial charge is 0.493 e. The van der Waals surface area contributed by atoms with Crippen molar-refractivity contribution in [2.45, 2.75) is 12.5 Å². The van der Waals surface area contributed by atoms with E-state index in [1.165, 1.54) is 11.1 Å². The molecule has 3 nitrogen and oxygen atoms in total. The first-order chi connectivity index (χ1) is 7.43. The third kappa shape index (κ3) is 1.73. The van der Waals surface area contributed by atoms with Crippen molar-refractivity contribution in [1.82, 2.24) is 10.6 Å². The van der Waals surface area contributed by atoms with Crippen LogP contribution in [-0.4, -0.2) is 26.2 Å². The molecule has 0 radical (unpaired) electrons. The predicted molar refractivity (Wildman–Crippen MR) is 59.3 cm³/mol. The number of rotatable bonds is 1. The summed E-state index contributed by atoms with van der Waals surface area (Å²) in [5.41, 5.74) is 2.74. The number of hydrogen-bond donors (Lipinski definition) is 2. The van der Waals surface area contributed by atoms with E-state index in [4.69, 9.17) is 4.74 Å². The van der Waals surface area contributed by atoms with Crippen molar-refractivity contribution in [2.24, 2.45) is 0 Å². The molecule has 80 valence electrons. The van der Waals surface area contributed by atoms with Gasteiger partial charge in [0.05, 0.1) is 6.61 Å². The maximum Gasteiger partial charge on any atom is 0.122 e. The Labute approximate surface area is 89.8 Å². The fraction of sp³-hybridized carbons (Fsp3) is 0.500. The Bertz CT molecular complexity index is 359. The van der Waals surface area contributed by atoms with Gasteiger partial charge in [0.25, 0.3) is 0 Å². The van der Waals surface area contributed by atoms with Gasteiger partial charge in [-0.05, 0) is 17.2 Å². The van der Waals surface area contributed by atoms with E-state index in [1.807, 2.05) is 0 Å². The van der Waals surface area contributed by atoms with Gasteiger partial charge >= 0.3 is 0 Å². The molecule has 0 amide bonds. The van der Waals surface area contributed by atoms with Crippen molar-refractivity contribution in [2.75, 3.05) is 26.2 Å². The molecular formula is C12H16N2O. The first kappa shape index (κ1) is 9.19. The lowest BCUT2D eigenvalue weighted by Crippen LogP contribution is -2.42. The van der Waals surface area contributed by atoms with Crippen LogP contribution in [0.15, 0.2) is 18.2 Å². The Morgan fingerprint density at radius 3 is 3.13 bits per heavy atom. The quantitative estimate of drug-likeness (QED) is 0.711. The van der Waals surface area contributed by atoms with Crippen LogP contribution in [0.5, 0.6) is 5.75 Å². The van der Waals surface area contributed by atoms with E-state index in [2.05, 4.69) is 28.8 Å². The molecule has 3 rings (SSSR count). The molecule has 2 heterocycles. The van der Waals surface area contributed by atoms with Gasteiger partial charge in [0, 0.05) is 32.1 Å². The summed E-state index contributed by atoms with van der Waals surface area (Å²) in [6, 6.07) is 7.03. The minimum atomic E-state index is 0.463. The van der Waals surface area contributed by atoms with Crippen LogP contribution in [0.25, 0.3) is 0 Å². The second-order valence-corrected chi connectivity index (χ2v) is 4.18. The highest BCUT2D eigenvalue weighted by Crippen LogP contribution is 2.28. The summed E-state index contributed by atoms with van der Waals surface area (Å²) < 4.78 is 5.50. The zero-order chi connectivity index (χ0) is 10.1. The summed E-state index contributed by atoms with van der Waals surface area (Å²) in [6.07, 6.45) is 1.06. The van der Waals surface area contributed by atoms with Crippen LogP contribution in [0.1, 0.15) is 17.2 Å². The molecule has 1 aromatic rings. The number of fused-ring (bicyclic) bond motifs is 1. The molecule has 0 bridgehead atoms. The molecule has 15 heavy (non-hydrogen) atoms.